The zero-order valence-corrected chi connectivity index (χ0v) is 8.11. The van der Waals surface area contributed by atoms with Gasteiger partial charge in [0, 0.05) is 0 Å². The van der Waals surface area contributed by atoms with Crippen molar-refractivity contribution in [3.63, 3.8) is 0 Å². The van der Waals surface area contributed by atoms with Crippen LogP contribution < -0.4 is 11.1 Å². The average molecular weight is 158 g/mol. The maximum Gasteiger partial charge on any atom is -0.0000125 e. The van der Waals surface area contributed by atoms with E-state index in [1.165, 1.54) is 6.42 Å². The molecule has 0 saturated heterocycles. The predicted octanol–water partition coefficient (Wildman–Crippen LogP) is 1.36. The molecule has 0 aromatic rings. The molecule has 0 aliphatic carbocycles. The molecular formula is C9H22N2. The van der Waals surface area contributed by atoms with Gasteiger partial charge in [0.05, 0.1) is 0 Å². The van der Waals surface area contributed by atoms with E-state index in [-0.39, 0.29) is 0 Å². The molecule has 0 spiro atoms. The number of unbranched alkanes of at least 4 members (excludes halogenated alkanes) is 1. The molecule has 2 heteroatoms. The van der Waals surface area contributed by atoms with Crippen molar-refractivity contribution in [1.29, 1.82) is 0 Å². The van der Waals surface area contributed by atoms with Crippen LogP contribution in [0.2, 0.25) is 0 Å². The van der Waals surface area contributed by atoms with Crippen molar-refractivity contribution in [1.82, 2.24) is 5.32 Å². The summed E-state index contributed by atoms with van der Waals surface area (Å²) in [4.78, 5) is 0. The second-order valence-corrected chi connectivity index (χ2v) is 4.23. The van der Waals surface area contributed by atoms with Gasteiger partial charge in [0.25, 0.3) is 0 Å². The zero-order valence-electron chi connectivity index (χ0n) is 8.11. The van der Waals surface area contributed by atoms with Crippen LogP contribution in [0.1, 0.15) is 33.6 Å². The molecule has 0 radical (unpaired) electrons. The van der Waals surface area contributed by atoms with E-state index in [4.69, 9.17) is 5.73 Å². The summed E-state index contributed by atoms with van der Waals surface area (Å²) >= 11 is 0. The van der Waals surface area contributed by atoms with Gasteiger partial charge in [-0.15, -0.1) is 0 Å². The van der Waals surface area contributed by atoms with Crippen LogP contribution in [0.3, 0.4) is 0 Å². The Morgan fingerprint density at radius 1 is 1.18 bits per heavy atom. The fraction of sp³-hybridized carbons (Fsp3) is 1.00. The quantitative estimate of drug-likeness (QED) is 0.593. The van der Waals surface area contributed by atoms with Crippen LogP contribution in [-0.4, -0.2) is 19.6 Å². The first-order chi connectivity index (χ1) is 5.06. The van der Waals surface area contributed by atoms with Crippen molar-refractivity contribution < 1.29 is 0 Å². The predicted molar refractivity (Wildman–Crippen MR) is 50.6 cm³/mol. The van der Waals surface area contributed by atoms with Gasteiger partial charge >= 0.3 is 0 Å². The molecule has 0 fully saturated rings. The van der Waals surface area contributed by atoms with Gasteiger partial charge in [0.2, 0.25) is 0 Å². The summed E-state index contributed by atoms with van der Waals surface area (Å²) in [5, 5.41) is 3.40. The summed E-state index contributed by atoms with van der Waals surface area (Å²) < 4.78 is 0. The molecule has 0 aromatic carbocycles. The molecule has 0 unspecified atom stereocenters. The second-order valence-electron chi connectivity index (χ2n) is 4.23. The first-order valence-electron chi connectivity index (χ1n) is 4.47. The molecule has 0 amide bonds. The molecule has 0 aromatic heterocycles. The van der Waals surface area contributed by atoms with Gasteiger partial charge in [-0.05, 0) is 37.9 Å². The number of nitrogens with two attached hydrogens (primary N) is 1. The first-order valence-corrected chi connectivity index (χ1v) is 4.47. The second kappa shape index (κ2) is 5.56. The summed E-state index contributed by atoms with van der Waals surface area (Å²) in [5.41, 5.74) is 5.77. The van der Waals surface area contributed by atoms with Gasteiger partial charge in [-0.2, -0.15) is 0 Å². The van der Waals surface area contributed by atoms with E-state index in [9.17, 15) is 0 Å². The fourth-order valence-electron chi connectivity index (χ4n) is 0.858. The maximum absolute atomic E-state index is 5.37. The summed E-state index contributed by atoms with van der Waals surface area (Å²) in [6, 6.07) is 0. The minimum Gasteiger partial charge on any atom is -0.330 e. The molecule has 2 nitrogen and oxygen atoms in total. The number of nitrogens with one attached hydrogen (secondary N) is 1. The largest absolute Gasteiger partial charge is 0.330 e. The molecule has 11 heavy (non-hydrogen) atoms. The molecule has 0 rings (SSSR count). The summed E-state index contributed by atoms with van der Waals surface area (Å²) in [5.74, 6) is 0. The van der Waals surface area contributed by atoms with Crippen molar-refractivity contribution in [2.24, 2.45) is 11.1 Å². The highest BCUT2D eigenvalue weighted by atomic mass is 14.9. The van der Waals surface area contributed by atoms with Crippen LogP contribution >= 0.6 is 0 Å². The average Bonchev–Trinajstić information content (AvgIpc) is 1.85. The van der Waals surface area contributed by atoms with Gasteiger partial charge in [-0.1, -0.05) is 20.8 Å². The Kier molecular flexibility index (Phi) is 5.51. The van der Waals surface area contributed by atoms with Crippen LogP contribution in [0.25, 0.3) is 0 Å². The van der Waals surface area contributed by atoms with Crippen LogP contribution in [-0.2, 0) is 0 Å². The van der Waals surface area contributed by atoms with Crippen LogP contribution in [0.4, 0.5) is 0 Å². The van der Waals surface area contributed by atoms with E-state index < -0.39 is 0 Å². The van der Waals surface area contributed by atoms with E-state index in [1.807, 2.05) is 0 Å². The summed E-state index contributed by atoms with van der Waals surface area (Å²) in [6.45, 7) is 9.73. The molecule has 0 aliphatic heterocycles. The van der Waals surface area contributed by atoms with Gasteiger partial charge in [-0.3, -0.25) is 0 Å². The van der Waals surface area contributed by atoms with Crippen LogP contribution in [0.15, 0.2) is 0 Å². The Morgan fingerprint density at radius 2 is 1.82 bits per heavy atom. The van der Waals surface area contributed by atoms with Crippen molar-refractivity contribution >= 4 is 0 Å². The van der Waals surface area contributed by atoms with E-state index in [2.05, 4.69) is 26.1 Å². The first kappa shape index (κ1) is 10.9. The van der Waals surface area contributed by atoms with Crippen LogP contribution in [0.5, 0.6) is 0 Å². The number of hydrogen-bond acceptors (Lipinski definition) is 2. The van der Waals surface area contributed by atoms with Crippen molar-refractivity contribution in [2.75, 3.05) is 19.6 Å². The Balaban J connectivity index is 3.02. The third kappa shape index (κ3) is 9.92. The monoisotopic (exact) mass is 158 g/mol. The SMILES string of the molecule is CC(C)(C)CNCCCCN. The lowest BCUT2D eigenvalue weighted by Crippen LogP contribution is -2.27. The molecular weight excluding hydrogens is 136 g/mol. The molecule has 3 N–H and O–H groups in total. The Morgan fingerprint density at radius 3 is 2.27 bits per heavy atom. The Hall–Kier alpha value is -0.0800. The highest BCUT2D eigenvalue weighted by Crippen LogP contribution is 2.09. The third-order valence-electron chi connectivity index (χ3n) is 1.46. The topological polar surface area (TPSA) is 38.0 Å². The summed E-state index contributed by atoms with van der Waals surface area (Å²) in [7, 11) is 0. The van der Waals surface area contributed by atoms with E-state index in [0.29, 0.717) is 5.41 Å². The molecule has 68 valence electrons. The van der Waals surface area contributed by atoms with Crippen molar-refractivity contribution in [3.05, 3.63) is 0 Å². The van der Waals surface area contributed by atoms with E-state index in [0.717, 1.165) is 26.1 Å². The van der Waals surface area contributed by atoms with Crippen molar-refractivity contribution in [3.8, 4) is 0 Å². The standard InChI is InChI=1S/C9H22N2/c1-9(2,3)8-11-7-5-4-6-10/h11H,4-8,10H2,1-3H3. The third-order valence-corrected chi connectivity index (χ3v) is 1.46. The summed E-state index contributed by atoms with van der Waals surface area (Å²) in [6.07, 6.45) is 2.34. The Labute approximate surface area is 70.5 Å². The zero-order chi connectivity index (χ0) is 8.74. The minimum absolute atomic E-state index is 0.405. The number of rotatable bonds is 5. The molecule has 0 saturated carbocycles. The van der Waals surface area contributed by atoms with Crippen molar-refractivity contribution in [2.45, 2.75) is 33.6 Å². The van der Waals surface area contributed by atoms with Crippen LogP contribution in [0, 0.1) is 5.41 Å². The van der Waals surface area contributed by atoms with Gasteiger partial charge in [0.15, 0.2) is 0 Å². The normalized spacial score (nSPS) is 12.0. The molecule has 0 atom stereocenters. The minimum atomic E-state index is 0.405. The lowest BCUT2D eigenvalue weighted by Gasteiger charge is -2.18. The fourth-order valence-corrected chi connectivity index (χ4v) is 0.858. The molecule has 0 heterocycles. The highest BCUT2D eigenvalue weighted by molar-refractivity contribution is 4.64. The maximum atomic E-state index is 5.37. The van der Waals surface area contributed by atoms with E-state index in [1.54, 1.807) is 0 Å². The lowest BCUT2D eigenvalue weighted by atomic mass is 9.97. The molecule has 0 bridgehead atoms. The lowest BCUT2D eigenvalue weighted by molar-refractivity contribution is 0.378. The number of hydrogen-bond donors (Lipinski definition) is 2. The smallest absolute Gasteiger partial charge is 0.0000125 e. The van der Waals surface area contributed by atoms with Gasteiger partial charge in [-0.25, -0.2) is 0 Å². The molecule has 0 aliphatic rings. The van der Waals surface area contributed by atoms with E-state index >= 15 is 0 Å². The Bertz CT molecular complexity index is 84.1. The van der Waals surface area contributed by atoms with Gasteiger partial charge in [0.1, 0.15) is 0 Å². The highest BCUT2D eigenvalue weighted by Gasteiger charge is 2.07. The van der Waals surface area contributed by atoms with Gasteiger partial charge < -0.3 is 11.1 Å².